The zero-order valence-corrected chi connectivity index (χ0v) is 11.6. The van der Waals surface area contributed by atoms with E-state index in [0.29, 0.717) is 5.89 Å². The van der Waals surface area contributed by atoms with Crippen molar-refractivity contribution in [2.45, 2.75) is 13.8 Å². The number of benzene rings is 2. The van der Waals surface area contributed by atoms with E-state index in [1.807, 2.05) is 50.2 Å². The van der Waals surface area contributed by atoms with E-state index in [1.54, 1.807) is 0 Å². The number of hydrogen-bond acceptors (Lipinski definition) is 3. The number of hydrogen-bond donors (Lipinski definition) is 0. The van der Waals surface area contributed by atoms with Gasteiger partial charge in [-0.2, -0.15) is 0 Å². The van der Waals surface area contributed by atoms with Crippen molar-refractivity contribution in [1.82, 2.24) is 4.98 Å². The molecule has 20 heavy (non-hydrogen) atoms. The van der Waals surface area contributed by atoms with Gasteiger partial charge in [-0.25, -0.2) is 4.98 Å². The van der Waals surface area contributed by atoms with Crippen molar-refractivity contribution in [3.05, 3.63) is 72.2 Å². The molecule has 100 valence electrons. The summed E-state index contributed by atoms with van der Waals surface area (Å²) in [6.07, 6.45) is 0. The topological polar surface area (TPSA) is 29.3 Å². The third-order valence-electron chi connectivity index (χ3n) is 3.11. The summed E-state index contributed by atoms with van der Waals surface area (Å²) in [5, 5.41) is 0. The first-order chi connectivity index (χ1) is 9.75. The number of anilines is 3. The molecule has 0 aliphatic carbocycles. The molecule has 0 spiro atoms. The van der Waals surface area contributed by atoms with Crippen LogP contribution in [0.4, 0.5) is 17.3 Å². The standard InChI is InChI=1S/C17H16N2O/c1-13-17(20-14(2)18-13)19(15-9-5-3-6-10-15)16-11-7-4-8-12-16/h3-12H,1-2H3. The molecule has 1 aromatic heterocycles. The van der Waals surface area contributed by atoms with Crippen LogP contribution in [0.25, 0.3) is 0 Å². The molecule has 0 radical (unpaired) electrons. The predicted octanol–water partition coefficient (Wildman–Crippen LogP) is 4.76. The van der Waals surface area contributed by atoms with Crippen LogP contribution in [0.15, 0.2) is 65.1 Å². The molecular formula is C17H16N2O. The lowest BCUT2D eigenvalue weighted by atomic mass is 10.2. The molecule has 0 bridgehead atoms. The fourth-order valence-electron chi connectivity index (χ4n) is 2.27. The van der Waals surface area contributed by atoms with Crippen molar-refractivity contribution in [1.29, 1.82) is 0 Å². The summed E-state index contributed by atoms with van der Waals surface area (Å²) in [6.45, 7) is 3.83. The highest BCUT2D eigenvalue weighted by Crippen LogP contribution is 2.36. The average Bonchev–Trinajstić information content (AvgIpc) is 2.80. The molecule has 3 heteroatoms. The van der Waals surface area contributed by atoms with Gasteiger partial charge < -0.3 is 4.42 Å². The molecule has 3 aromatic rings. The Labute approximate surface area is 118 Å². The molecule has 0 atom stereocenters. The summed E-state index contributed by atoms with van der Waals surface area (Å²) < 4.78 is 5.80. The van der Waals surface area contributed by atoms with Gasteiger partial charge in [0.1, 0.15) is 5.69 Å². The lowest BCUT2D eigenvalue weighted by Crippen LogP contribution is -2.09. The number of oxazole rings is 1. The second kappa shape index (κ2) is 5.21. The first-order valence-corrected chi connectivity index (χ1v) is 6.60. The van der Waals surface area contributed by atoms with E-state index in [-0.39, 0.29) is 0 Å². The lowest BCUT2D eigenvalue weighted by molar-refractivity contribution is 0.528. The van der Waals surface area contributed by atoms with E-state index in [2.05, 4.69) is 34.1 Å². The number of para-hydroxylation sites is 2. The van der Waals surface area contributed by atoms with Crippen LogP contribution in [-0.2, 0) is 0 Å². The molecule has 0 aliphatic rings. The lowest BCUT2D eigenvalue weighted by Gasteiger charge is -2.22. The third-order valence-corrected chi connectivity index (χ3v) is 3.11. The maximum absolute atomic E-state index is 5.80. The summed E-state index contributed by atoms with van der Waals surface area (Å²) in [7, 11) is 0. The fraction of sp³-hybridized carbons (Fsp3) is 0.118. The molecule has 0 saturated carbocycles. The van der Waals surface area contributed by atoms with Crippen molar-refractivity contribution in [3.63, 3.8) is 0 Å². The van der Waals surface area contributed by atoms with Gasteiger partial charge in [0.05, 0.1) is 0 Å². The Morgan fingerprint density at radius 3 is 1.70 bits per heavy atom. The minimum atomic E-state index is 0.675. The first-order valence-electron chi connectivity index (χ1n) is 6.60. The average molecular weight is 264 g/mol. The zero-order valence-electron chi connectivity index (χ0n) is 11.6. The van der Waals surface area contributed by atoms with Crippen LogP contribution in [0.1, 0.15) is 11.6 Å². The van der Waals surface area contributed by atoms with E-state index >= 15 is 0 Å². The van der Waals surface area contributed by atoms with Crippen molar-refractivity contribution in [2.75, 3.05) is 4.90 Å². The molecule has 3 rings (SSSR count). The van der Waals surface area contributed by atoms with Gasteiger partial charge in [-0.15, -0.1) is 0 Å². The Kier molecular flexibility index (Phi) is 3.25. The summed E-state index contributed by atoms with van der Waals surface area (Å²) in [6, 6.07) is 20.3. The van der Waals surface area contributed by atoms with Gasteiger partial charge in [0.25, 0.3) is 0 Å². The van der Waals surface area contributed by atoms with E-state index < -0.39 is 0 Å². The zero-order chi connectivity index (χ0) is 13.9. The maximum atomic E-state index is 5.80. The van der Waals surface area contributed by atoms with Crippen LogP contribution in [0.3, 0.4) is 0 Å². The molecule has 0 N–H and O–H groups in total. The Morgan fingerprint density at radius 1 is 0.800 bits per heavy atom. The monoisotopic (exact) mass is 264 g/mol. The van der Waals surface area contributed by atoms with Crippen molar-refractivity contribution in [3.8, 4) is 0 Å². The smallest absolute Gasteiger partial charge is 0.228 e. The van der Waals surface area contributed by atoms with Gasteiger partial charge in [0.2, 0.25) is 5.88 Å². The molecule has 0 saturated heterocycles. The largest absolute Gasteiger partial charge is 0.424 e. The first kappa shape index (κ1) is 12.5. The van der Waals surface area contributed by atoms with E-state index in [1.165, 1.54) is 0 Å². The highest BCUT2D eigenvalue weighted by atomic mass is 16.4. The molecule has 0 unspecified atom stereocenters. The van der Waals surface area contributed by atoms with E-state index in [9.17, 15) is 0 Å². The number of aromatic nitrogens is 1. The quantitative estimate of drug-likeness (QED) is 0.683. The summed E-state index contributed by atoms with van der Waals surface area (Å²) in [5.41, 5.74) is 2.99. The summed E-state index contributed by atoms with van der Waals surface area (Å²) in [4.78, 5) is 6.45. The second-order valence-corrected chi connectivity index (χ2v) is 4.63. The number of rotatable bonds is 3. The van der Waals surface area contributed by atoms with Crippen LogP contribution in [-0.4, -0.2) is 4.98 Å². The summed E-state index contributed by atoms with van der Waals surface area (Å²) >= 11 is 0. The highest BCUT2D eigenvalue weighted by Gasteiger charge is 2.18. The maximum Gasteiger partial charge on any atom is 0.228 e. The molecule has 0 aliphatic heterocycles. The molecular weight excluding hydrogens is 248 g/mol. The molecule has 1 heterocycles. The molecule has 0 fully saturated rings. The van der Waals surface area contributed by atoms with Crippen molar-refractivity contribution >= 4 is 17.3 Å². The fourth-order valence-corrected chi connectivity index (χ4v) is 2.27. The van der Waals surface area contributed by atoms with Crippen LogP contribution in [0.2, 0.25) is 0 Å². The number of aryl methyl sites for hydroxylation is 2. The molecule has 0 amide bonds. The normalized spacial score (nSPS) is 10.5. The Balaban J connectivity index is 2.16. The minimum Gasteiger partial charge on any atom is -0.424 e. The predicted molar refractivity (Wildman–Crippen MR) is 80.7 cm³/mol. The summed E-state index contributed by atoms with van der Waals surface area (Å²) in [5.74, 6) is 1.44. The Hall–Kier alpha value is -2.55. The number of nitrogens with zero attached hydrogens (tertiary/aromatic N) is 2. The van der Waals surface area contributed by atoms with Gasteiger partial charge in [-0.3, -0.25) is 4.90 Å². The van der Waals surface area contributed by atoms with Gasteiger partial charge in [-0.1, -0.05) is 36.4 Å². The Bertz CT molecular complexity index is 650. The minimum absolute atomic E-state index is 0.675. The van der Waals surface area contributed by atoms with Crippen LogP contribution in [0, 0.1) is 13.8 Å². The van der Waals surface area contributed by atoms with Crippen molar-refractivity contribution in [2.24, 2.45) is 0 Å². The van der Waals surface area contributed by atoms with Crippen molar-refractivity contribution < 1.29 is 4.42 Å². The van der Waals surface area contributed by atoms with Gasteiger partial charge in [0, 0.05) is 18.3 Å². The van der Waals surface area contributed by atoms with Gasteiger partial charge in [-0.05, 0) is 31.2 Å². The van der Waals surface area contributed by atoms with Gasteiger partial charge >= 0.3 is 0 Å². The van der Waals surface area contributed by atoms with Crippen LogP contribution < -0.4 is 4.90 Å². The van der Waals surface area contributed by atoms with Gasteiger partial charge in [0.15, 0.2) is 5.89 Å². The highest BCUT2D eigenvalue weighted by molar-refractivity contribution is 5.74. The second-order valence-electron chi connectivity index (χ2n) is 4.63. The van der Waals surface area contributed by atoms with Crippen LogP contribution >= 0.6 is 0 Å². The van der Waals surface area contributed by atoms with Crippen LogP contribution in [0.5, 0.6) is 0 Å². The Morgan fingerprint density at radius 2 is 1.30 bits per heavy atom. The van der Waals surface area contributed by atoms with E-state index in [0.717, 1.165) is 23.0 Å². The molecule has 3 nitrogen and oxygen atoms in total. The van der Waals surface area contributed by atoms with E-state index in [4.69, 9.17) is 4.42 Å². The SMILES string of the molecule is Cc1nc(C)c(N(c2ccccc2)c2ccccc2)o1. The molecule has 2 aromatic carbocycles. The third kappa shape index (κ3) is 2.30.